The monoisotopic (exact) mass is 533 g/mol. The Morgan fingerprint density at radius 3 is 2.74 bits per heavy atom. The maximum Gasteiger partial charge on any atom is 0.341 e. The summed E-state index contributed by atoms with van der Waals surface area (Å²) in [6.45, 7) is 3.79. The summed E-state index contributed by atoms with van der Waals surface area (Å²) in [5.74, 6) is -1.55. The molecule has 0 fully saturated rings. The van der Waals surface area contributed by atoms with E-state index >= 15 is 0 Å². The molecule has 1 aliphatic rings. The summed E-state index contributed by atoms with van der Waals surface area (Å²) in [5, 5.41) is 2.46. The average molecular weight is 534 g/mol. The van der Waals surface area contributed by atoms with Gasteiger partial charge in [-0.2, -0.15) is 0 Å². The van der Waals surface area contributed by atoms with Gasteiger partial charge in [0.15, 0.2) is 5.69 Å². The number of amides is 1. The van der Waals surface area contributed by atoms with Crippen molar-refractivity contribution < 1.29 is 22.7 Å². The van der Waals surface area contributed by atoms with E-state index in [9.17, 15) is 18.0 Å². The number of benzene rings is 1. The lowest BCUT2D eigenvalue weighted by atomic mass is 9.95. The number of anilines is 1. The van der Waals surface area contributed by atoms with Gasteiger partial charge in [0.05, 0.1) is 29.1 Å². The third kappa shape index (κ3) is 5.55. The van der Waals surface area contributed by atoms with Crippen LogP contribution in [-0.2, 0) is 33.2 Å². The summed E-state index contributed by atoms with van der Waals surface area (Å²) < 4.78 is 31.1. The standard InChI is InChI=1S/C24H24ClN3O5S2/c1-3-33-23(30)19-16-9-4-5-10-18(16)34-22(19)28-21(29)20-17(25)12-26-24(27-20)35(31,32)13-15-8-6-7-14(2)11-15/h6-8,11-12H,3-5,9-10,13H2,1-2H3,(H,28,29). The number of nitrogens with zero attached hydrogens (tertiary/aromatic N) is 2. The predicted molar refractivity (Wildman–Crippen MR) is 134 cm³/mol. The molecule has 8 nitrogen and oxygen atoms in total. The number of aryl methyl sites for hydroxylation is 2. The maximum absolute atomic E-state index is 13.1. The second kappa shape index (κ2) is 10.4. The smallest absolute Gasteiger partial charge is 0.341 e. The van der Waals surface area contributed by atoms with Crippen LogP contribution < -0.4 is 5.32 Å². The predicted octanol–water partition coefficient (Wildman–Crippen LogP) is 4.78. The molecule has 0 saturated heterocycles. The first kappa shape index (κ1) is 25.3. The Labute approximate surface area is 212 Å². The van der Waals surface area contributed by atoms with Crippen LogP contribution in [0, 0.1) is 6.92 Å². The molecule has 1 N–H and O–H groups in total. The van der Waals surface area contributed by atoms with Gasteiger partial charge in [-0.25, -0.2) is 23.2 Å². The molecular formula is C24H24ClN3O5S2. The first-order valence-electron chi connectivity index (χ1n) is 11.1. The lowest BCUT2D eigenvalue weighted by molar-refractivity contribution is 0.0526. The van der Waals surface area contributed by atoms with Crippen molar-refractivity contribution in [3.63, 3.8) is 0 Å². The molecule has 2 heterocycles. The molecule has 184 valence electrons. The van der Waals surface area contributed by atoms with Crippen molar-refractivity contribution in [2.75, 3.05) is 11.9 Å². The summed E-state index contributed by atoms with van der Waals surface area (Å²) in [5.41, 5.74) is 2.46. The Bertz CT molecular complexity index is 1400. The highest BCUT2D eigenvalue weighted by atomic mass is 35.5. The molecule has 0 bridgehead atoms. The quantitative estimate of drug-likeness (QED) is 0.343. The molecule has 11 heteroatoms. The van der Waals surface area contributed by atoms with Gasteiger partial charge in [0, 0.05) is 4.88 Å². The number of nitrogens with one attached hydrogen (secondary N) is 1. The number of hydrogen-bond donors (Lipinski definition) is 1. The summed E-state index contributed by atoms with van der Waals surface area (Å²) >= 11 is 7.49. The van der Waals surface area contributed by atoms with Gasteiger partial charge in [0.2, 0.25) is 15.0 Å². The molecule has 1 aromatic carbocycles. The number of aromatic nitrogens is 2. The van der Waals surface area contributed by atoms with Gasteiger partial charge in [-0.05, 0) is 50.7 Å². The fourth-order valence-corrected chi connectivity index (χ4v) is 6.62. The number of carbonyl (C=O) groups excluding carboxylic acids is 2. The van der Waals surface area contributed by atoms with Crippen molar-refractivity contribution in [2.45, 2.75) is 50.4 Å². The van der Waals surface area contributed by atoms with Gasteiger partial charge in [0.1, 0.15) is 5.00 Å². The molecule has 0 atom stereocenters. The second-order valence-corrected chi connectivity index (χ2v) is 11.6. The molecule has 3 aromatic rings. The summed E-state index contributed by atoms with van der Waals surface area (Å²) in [4.78, 5) is 34.7. The van der Waals surface area contributed by atoms with Crippen LogP contribution in [0.3, 0.4) is 0 Å². The SMILES string of the molecule is CCOC(=O)c1c(NC(=O)c2nc(S(=O)(=O)Cc3cccc(C)c3)ncc2Cl)sc2c1CCCC2. The first-order valence-corrected chi connectivity index (χ1v) is 14.0. The molecule has 4 rings (SSSR count). The number of hydrogen-bond acceptors (Lipinski definition) is 8. The van der Waals surface area contributed by atoms with Crippen LogP contribution in [0.4, 0.5) is 5.00 Å². The fourth-order valence-electron chi connectivity index (χ4n) is 3.98. The number of sulfone groups is 1. The molecule has 1 amide bonds. The minimum atomic E-state index is -3.94. The van der Waals surface area contributed by atoms with Crippen LogP contribution in [0.1, 0.15) is 62.2 Å². The third-order valence-corrected chi connectivity index (χ3v) is 8.48. The van der Waals surface area contributed by atoms with Gasteiger partial charge >= 0.3 is 5.97 Å². The molecule has 0 unspecified atom stereocenters. The lowest BCUT2D eigenvalue weighted by Crippen LogP contribution is -2.19. The van der Waals surface area contributed by atoms with Crippen LogP contribution in [0.15, 0.2) is 35.6 Å². The summed E-state index contributed by atoms with van der Waals surface area (Å²) in [7, 11) is -3.94. The van der Waals surface area contributed by atoms with E-state index in [4.69, 9.17) is 16.3 Å². The van der Waals surface area contributed by atoms with Crippen molar-refractivity contribution in [1.82, 2.24) is 9.97 Å². The Balaban J connectivity index is 1.64. The zero-order chi connectivity index (χ0) is 25.2. The zero-order valence-corrected chi connectivity index (χ0v) is 21.6. The second-order valence-electron chi connectivity index (χ2n) is 8.19. The van der Waals surface area contributed by atoms with Crippen LogP contribution in [0.25, 0.3) is 0 Å². The van der Waals surface area contributed by atoms with E-state index in [2.05, 4.69) is 15.3 Å². The Morgan fingerprint density at radius 2 is 2.00 bits per heavy atom. The minimum absolute atomic E-state index is 0.101. The number of esters is 1. The van der Waals surface area contributed by atoms with Gasteiger partial charge in [-0.15, -0.1) is 11.3 Å². The maximum atomic E-state index is 13.1. The highest BCUT2D eigenvalue weighted by Crippen LogP contribution is 2.39. The Hall–Kier alpha value is -2.82. The van der Waals surface area contributed by atoms with E-state index < -0.39 is 26.9 Å². The molecule has 35 heavy (non-hydrogen) atoms. The number of carbonyl (C=O) groups is 2. The van der Waals surface area contributed by atoms with Crippen molar-refractivity contribution in [1.29, 1.82) is 0 Å². The van der Waals surface area contributed by atoms with Gasteiger partial charge in [-0.3, -0.25) is 4.79 Å². The molecule has 2 aromatic heterocycles. The van der Waals surface area contributed by atoms with Crippen LogP contribution in [0.2, 0.25) is 5.02 Å². The number of fused-ring (bicyclic) bond motifs is 1. The minimum Gasteiger partial charge on any atom is -0.462 e. The van der Waals surface area contributed by atoms with Crippen molar-refractivity contribution in [2.24, 2.45) is 0 Å². The first-order chi connectivity index (χ1) is 16.7. The average Bonchev–Trinajstić information content (AvgIpc) is 3.16. The Kier molecular flexibility index (Phi) is 7.53. The summed E-state index contributed by atoms with van der Waals surface area (Å²) in [6.07, 6.45) is 4.59. The van der Waals surface area contributed by atoms with E-state index in [0.29, 0.717) is 16.1 Å². The number of rotatable bonds is 7. The molecule has 0 spiro atoms. The fraction of sp³-hybridized carbons (Fsp3) is 0.333. The van der Waals surface area contributed by atoms with E-state index in [1.54, 1.807) is 25.1 Å². The van der Waals surface area contributed by atoms with E-state index in [-0.39, 0.29) is 23.1 Å². The van der Waals surface area contributed by atoms with Gasteiger partial charge < -0.3 is 10.1 Å². The van der Waals surface area contributed by atoms with E-state index in [0.717, 1.165) is 47.9 Å². The normalized spacial score (nSPS) is 13.2. The van der Waals surface area contributed by atoms with Crippen molar-refractivity contribution in [3.8, 4) is 0 Å². The van der Waals surface area contributed by atoms with Gasteiger partial charge in [-0.1, -0.05) is 41.4 Å². The highest BCUT2D eigenvalue weighted by molar-refractivity contribution is 7.90. The van der Waals surface area contributed by atoms with Crippen molar-refractivity contribution >= 4 is 49.7 Å². The number of ether oxygens (including phenoxy) is 1. The Morgan fingerprint density at radius 1 is 1.23 bits per heavy atom. The lowest BCUT2D eigenvalue weighted by Gasteiger charge is -2.12. The third-order valence-electron chi connectivity index (χ3n) is 5.53. The topological polar surface area (TPSA) is 115 Å². The molecule has 0 saturated carbocycles. The highest BCUT2D eigenvalue weighted by Gasteiger charge is 2.29. The van der Waals surface area contributed by atoms with Crippen LogP contribution >= 0.6 is 22.9 Å². The van der Waals surface area contributed by atoms with Crippen LogP contribution in [-0.4, -0.2) is 36.9 Å². The largest absolute Gasteiger partial charge is 0.462 e. The summed E-state index contributed by atoms with van der Waals surface area (Å²) in [6, 6.07) is 7.09. The number of halogens is 1. The van der Waals surface area contributed by atoms with E-state index in [1.807, 2.05) is 13.0 Å². The molecule has 0 aliphatic heterocycles. The van der Waals surface area contributed by atoms with Crippen LogP contribution in [0.5, 0.6) is 0 Å². The zero-order valence-electron chi connectivity index (χ0n) is 19.3. The van der Waals surface area contributed by atoms with Crippen molar-refractivity contribution in [3.05, 3.63) is 68.3 Å². The molecule has 0 radical (unpaired) electrons. The van der Waals surface area contributed by atoms with Gasteiger partial charge in [0.25, 0.3) is 5.91 Å². The number of thiophene rings is 1. The van der Waals surface area contributed by atoms with E-state index in [1.165, 1.54) is 11.3 Å². The molecule has 1 aliphatic carbocycles. The molecular weight excluding hydrogens is 510 g/mol.